The molecule has 4 aromatic carbocycles. The van der Waals surface area contributed by atoms with Gasteiger partial charge in [0.05, 0.1) is 6.17 Å². The van der Waals surface area contributed by atoms with E-state index in [0.29, 0.717) is 0 Å². The molecule has 3 nitrogen and oxygen atoms in total. The first kappa shape index (κ1) is 21.2. The average Bonchev–Trinajstić information content (AvgIpc) is 3.43. The molecule has 0 atom stereocenters. The third-order valence-corrected chi connectivity index (χ3v) is 7.23. The van der Waals surface area contributed by atoms with Crippen molar-refractivity contribution < 1.29 is 0 Å². The van der Waals surface area contributed by atoms with Crippen LogP contribution in [0.3, 0.4) is 0 Å². The molecule has 1 saturated heterocycles. The molecule has 0 saturated carbocycles. The van der Waals surface area contributed by atoms with E-state index in [9.17, 15) is 0 Å². The minimum Gasteiger partial charge on any atom is -0.341 e. The highest BCUT2D eigenvalue weighted by Gasteiger charge is 2.33. The summed E-state index contributed by atoms with van der Waals surface area (Å²) in [5.41, 5.74) is 6.78. The van der Waals surface area contributed by atoms with E-state index in [2.05, 4.69) is 124 Å². The van der Waals surface area contributed by atoms with Crippen LogP contribution >= 0.6 is 0 Å². The molecular weight excluding hydrogens is 414 g/mol. The summed E-state index contributed by atoms with van der Waals surface area (Å²) >= 11 is 0. The molecule has 0 N–H and O–H groups in total. The van der Waals surface area contributed by atoms with Crippen molar-refractivity contribution in [1.82, 2.24) is 14.4 Å². The summed E-state index contributed by atoms with van der Waals surface area (Å²) in [7, 11) is 0. The standard InChI is InChI=1S/C31H31N3/c1-2-34-29-16-10-9-15-27(29)28-21-26(17-18-30(28)34)31-32(22-24-11-5-3-6-12-24)19-20-33(31)23-25-13-7-4-8-14-25/h3-18,21,31H,2,19-20,22-23H2,1H3. The fraction of sp³-hybridized carbons (Fsp3) is 0.226. The number of hydrogen-bond acceptors (Lipinski definition) is 2. The number of hydrogen-bond donors (Lipinski definition) is 0. The number of rotatable bonds is 6. The van der Waals surface area contributed by atoms with Gasteiger partial charge in [0, 0.05) is 54.5 Å². The molecule has 2 heterocycles. The molecule has 0 aliphatic carbocycles. The Kier molecular flexibility index (Phi) is 5.66. The number of nitrogens with zero attached hydrogens (tertiary/aromatic N) is 3. The second kappa shape index (κ2) is 9.09. The van der Waals surface area contributed by atoms with E-state index in [4.69, 9.17) is 0 Å². The SMILES string of the molecule is CCn1c2ccccc2c2cc(C3N(Cc4ccccc4)CCN3Cc3ccccc3)ccc21. The number of fused-ring (bicyclic) bond motifs is 3. The molecule has 0 radical (unpaired) electrons. The van der Waals surface area contributed by atoms with Crippen LogP contribution in [0.15, 0.2) is 103 Å². The maximum Gasteiger partial charge on any atom is 0.0893 e. The summed E-state index contributed by atoms with van der Waals surface area (Å²) in [5, 5.41) is 2.71. The van der Waals surface area contributed by atoms with Crippen molar-refractivity contribution in [3.8, 4) is 0 Å². The summed E-state index contributed by atoms with van der Waals surface area (Å²) in [5.74, 6) is 0. The van der Waals surface area contributed by atoms with Crippen LogP contribution in [0.4, 0.5) is 0 Å². The highest BCUT2D eigenvalue weighted by atomic mass is 15.4. The minimum atomic E-state index is 0.258. The van der Waals surface area contributed by atoms with Crippen molar-refractivity contribution in [2.24, 2.45) is 0 Å². The lowest BCUT2D eigenvalue weighted by molar-refractivity contribution is 0.126. The van der Waals surface area contributed by atoms with Gasteiger partial charge in [-0.15, -0.1) is 0 Å². The predicted octanol–water partition coefficient (Wildman–Crippen LogP) is 6.83. The smallest absolute Gasteiger partial charge is 0.0893 e. The molecule has 1 aliphatic rings. The topological polar surface area (TPSA) is 11.4 Å². The molecule has 1 aliphatic heterocycles. The summed E-state index contributed by atoms with van der Waals surface area (Å²) in [6, 6.07) is 37.7. The van der Waals surface area contributed by atoms with Crippen LogP contribution in [-0.2, 0) is 19.6 Å². The molecule has 1 aromatic heterocycles. The van der Waals surface area contributed by atoms with E-state index < -0.39 is 0 Å². The van der Waals surface area contributed by atoms with Crippen molar-refractivity contribution in [3.63, 3.8) is 0 Å². The van der Waals surface area contributed by atoms with Gasteiger partial charge in [-0.1, -0.05) is 84.9 Å². The molecule has 0 amide bonds. The van der Waals surface area contributed by atoms with Gasteiger partial charge in [0.1, 0.15) is 0 Å². The van der Waals surface area contributed by atoms with Gasteiger partial charge in [0.25, 0.3) is 0 Å². The van der Waals surface area contributed by atoms with Crippen molar-refractivity contribution in [1.29, 1.82) is 0 Å². The lowest BCUT2D eigenvalue weighted by Crippen LogP contribution is -2.30. The second-order valence-corrected chi connectivity index (χ2v) is 9.32. The Balaban J connectivity index is 1.43. The van der Waals surface area contributed by atoms with Gasteiger partial charge in [-0.25, -0.2) is 0 Å². The van der Waals surface area contributed by atoms with E-state index in [1.807, 2.05) is 0 Å². The quantitative estimate of drug-likeness (QED) is 0.284. The average molecular weight is 446 g/mol. The lowest BCUT2D eigenvalue weighted by atomic mass is 10.1. The number of benzene rings is 4. The van der Waals surface area contributed by atoms with Crippen LogP contribution < -0.4 is 0 Å². The van der Waals surface area contributed by atoms with Gasteiger partial charge in [0.2, 0.25) is 0 Å². The van der Waals surface area contributed by atoms with Crippen molar-refractivity contribution in [2.75, 3.05) is 13.1 Å². The molecule has 5 aromatic rings. The van der Waals surface area contributed by atoms with Crippen molar-refractivity contribution >= 4 is 21.8 Å². The Morgan fingerprint density at radius 2 is 1.18 bits per heavy atom. The summed E-state index contributed by atoms with van der Waals surface area (Å²) in [4.78, 5) is 5.27. The molecule has 6 rings (SSSR count). The second-order valence-electron chi connectivity index (χ2n) is 9.32. The van der Waals surface area contributed by atoms with Gasteiger partial charge in [0.15, 0.2) is 0 Å². The number of para-hydroxylation sites is 1. The van der Waals surface area contributed by atoms with E-state index >= 15 is 0 Å². The third kappa shape index (κ3) is 3.81. The van der Waals surface area contributed by atoms with Crippen LogP contribution in [0.25, 0.3) is 21.8 Å². The Morgan fingerprint density at radius 1 is 0.618 bits per heavy atom. The predicted molar refractivity (Wildman–Crippen MR) is 142 cm³/mol. The van der Waals surface area contributed by atoms with Gasteiger partial charge >= 0.3 is 0 Å². The van der Waals surface area contributed by atoms with Crippen molar-refractivity contribution in [2.45, 2.75) is 32.7 Å². The Labute approximate surface area is 201 Å². The maximum absolute atomic E-state index is 2.64. The zero-order valence-corrected chi connectivity index (χ0v) is 19.8. The molecule has 1 fully saturated rings. The fourth-order valence-corrected chi connectivity index (χ4v) is 5.69. The molecular formula is C31H31N3. The van der Waals surface area contributed by atoms with Crippen LogP contribution in [0, 0.1) is 0 Å². The summed E-state index contributed by atoms with van der Waals surface area (Å²) < 4.78 is 2.44. The lowest BCUT2D eigenvalue weighted by Gasteiger charge is -2.31. The Morgan fingerprint density at radius 3 is 1.79 bits per heavy atom. The molecule has 34 heavy (non-hydrogen) atoms. The summed E-state index contributed by atoms with van der Waals surface area (Å²) in [6.07, 6.45) is 0.258. The van der Waals surface area contributed by atoms with E-state index in [-0.39, 0.29) is 6.17 Å². The van der Waals surface area contributed by atoms with Gasteiger partial charge in [-0.3, -0.25) is 9.80 Å². The zero-order chi connectivity index (χ0) is 22.9. The van der Waals surface area contributed by atoms with Gasteiger partial charge in [-0.2, -0.15) is 0 Å². The maximum atomic E-state index is 2.64. The van der Waals surface area contributed by atoms with Crippen molar-refractivity contribution in [3.05, 3.63) is 120 Å². The van der Waals surface area contributed by atoms with E-state index in [1.54, 1.807) is 0 Å². The first-order valence-electron chi connectivity index (χ1n) is 12.4. The molecule has 3 heteroatoms. The molecule has 0 bridgehead atoms. The van der Waals surface area contributed by atoms with Crippen LogP contribution in [0.5, 0.6) is 0 Å². The number of aromatic nitrogens is 1. The third-order valence-electron chi connectivity index (χ3n) is 7.23. The monoisotopic (exact) mass is 445 g/mol. The first-order valence-corrected chi connectivity index (χ1v) is 12.4. The molecule has 170 valence electrons. The van der Waals surface area contributed by atoms with E-state index in [1.165, 1.54) is 38.5 Å². The van der Waals surface area contributed by atoms with Gasteiger partial charge in [-0.05, 0) is 41.8 Å². The molecule has 0 spiro atoms. The fourth-order valence-electron chi connectivity index (χ4n) is 5.69. The number of aryl methyl sites for hydroxylation is 1. The van der Waals surface area contributed by atoms with E-state index in [0.717, 1.165) is 32.7 Å². The summed E-state index contributed by atoms with van der Waals surface area (Å²) in [6.45, 7) is 7.28. The zero-order valence-electron chi connectivity index (χ0n) is 19.8. The molecule has 0 unspecified atom stereocenters. The van der Waals surface area contributed by atoms with Crippen LogP contribution in [-0.4, -0.2) is 27.5 Å². The Hall–Kier alpha value is -3.40. The highest BCUT2D eigenvalue weighted by Crippen LogP contribution is 2.37. The van der Waals surface area contributed by atoms with Gasteiger partial charge < -0.3 is 4.57 Å². The minimum absolute atomic E-state index is 0.258. The van der Waals surface area contributed by atoms with Crippen LogP contribution in [0.1, 0.15) is 29.8 Å². The normalized spacial score (nSPS) is 15.6. The van der Waals surface area contributed by atoms with Crippen LogP contribution in [0.2, 0.25) is 0 Å². The first-order chi connectivity index (χ1) is 16.8. The largest absolute Gasteiger partial charge is 0.341 e. The Bertz CT molecular complexity index is 1360. The highest BCUT2D eigenvalue weighted by molar-refractivity contribution is 6.08.